The number of ether oxygens (including phenoxy) is 1. The quantitative estimate of drug-likeness (QED) is 0.630. The van der Waals surface area contributed by atoms with Crippen LogP contribution in [0.2, 0.25) is 0 Å². The highest BCUT2D eigenvalue weighted by Crippen LogP contribution is 2.19. The van der Waals surface area contributed by atoms with Crippen LogP contribution in [-0.4, -0.2) is 15.9 Å². The van der Waals surface area contributed by atoms with Gasteiger partial charge in [0.1, 0.15) is 12.9 Å². The highest BCUT2D eigenvalue weighted by Gasteiger charge is 2.04. The fourth-order valence-electron chi connectivity index (χ4n) is 1.48. The van der Waals surface area contributed by atoms with Crippen LogP contribution in [0.5, 0.6) is 0 Å². The van der Waals surface area contributed by atoms with Crippen molar-refractivity contribution in [2.45, 2.75) is 6.61 Å². The van der Waals surface area contributed by atoms with Gasteiger partial charge in [-0.25, -0.2) is 14.8 Å². The Morgan fingerprint density at radius 2 is 2.29 bits per heavy atom. The molecule has 0 saturated heterocycles. The standard InChI is InChI=1S/C15H10BrN3O2/c16-14-7-11(8-17)1-2-12(14)9-21-15(20)4-3-13-5-6-18-10-19-13/h1-7,10H,9H2/b4-3+. The zero-order chi connectivity index (χ0) is 15.1. The van der Waals surface area contributed by atoms with Gasteiger partial charge in [0.2, 0.25) is 0 Å². The summed E-state index contributed by atoms with van der Waals surface area (Å²) in [7, 11) is 0. The molecule has 21 heavy (non-hydrogen) atoms. The van der Waals surface area contributed by atoms with Gasteiger partial charge in [-0.05, 0) is 24.3 Å². The molecule has 0 aliphatic rings. The highest BCUT2D eigenvalue weighted by atomic mass is 79.9. The van der Waals surface area contributed by atoms with E-state index in [4.69, 9.17) is 10.00 Å². The maximum atomic E-state index is 11.6. The molecule has 2 aromatic rings. The topological polar surface area (TPSA) is 75.9 Å². The summed E-state index contributed by atoms with van der Waals surface area (Å²) in [5, 5.41) is 8.77. The number of nitriles is 1. The molecule has 6 heteroatoms. The van der Waals surface area contributed by atoms with Crippen LogP contribution in [0.1, 0.15) is 16.8 Å². The first-order valence-corrected chi connectivity index (χ1v) is 6.77. The molecule has 0 fully saturated rings. The van der Waals surface area contributed by atoms with Gasteiger partial charge in [0.05, 0.1) is 17.3 Å². The van der Waals surface area contributed by atoms with Gasteiger partial charge in [-0.15, -0.1) is 0 Å². The number of carbonyl (C=O) groups excluding carboxylic acids is 1. The van der Waals surface area contributed by atoms with E-state index in [2.05, 4.69) is 25.9 Å². The van der Waals surface area contributed by atoms with E-state index in [0.717, 1.165) is 10.0 Å². The Labute approximate surface area is 130 Å². The monoisotopic (exact) mass is 343 g/mol. The second-order valence-corrected chi connectivity index (χ2v) is 4.85. The minimum absolute atomic E-state index is 0.124. The first kappa shape index (κ1) is 14.9. The molecule has 2 rings (SSSR count). The van der Waals surface area contributed by atoms with Gasteiger partial charge in [0.15, 0.2) is 0 Å². The van der Waals surface area contributed by atoms with E-state index < -0.39 is 5.97 Å². The Bertz CT molecular complexity index is 709. The van der Waals surface area contributed by atoms with Gasteiger partial charge in [0.25, 0.3) is 0 Å². The molecule has 1 heterocycles. The molecule has 0 radical (unpaired) electrons. The molecule has 0 N–H and O–H groups in total. The van der Waals surface area contributed by atoms with E-state index in [0.29, 0.717) is 11.3 Å². The van der Waals surface area contributed by atoms with Crippen molar-refractivity contribution in [3.8, 4) is 6.07 Å². The number of hydrogen-bond acceptors (Lipinski definition) is 5. The lowest BCUT2D eigenvalue weighted by Crippen LogP contribution is -2.01. The van der Waals surface area contributed by atoms with Crippen molar-refractivity contribution >= 4 is 28.0 Å². The summed E-state index contributed by atoms with van der Waals surface area (Å²) in [5.74, 6) is -0.468. The molecule has 5 nitrogen and oxygen atoms in total. The van der Waals surface area contributed by atoms with Crippen LogP contribution in [0.15, 0.2) is 47.3 Å². The van der Waals surface area contributed by atoms with Crippen molar-refractivity contribution in [3.63, 3.8) is 0 Å². The van der Waals surface area contributed by atoms with Crippen molar-refractivity contribution in [1.82, 2.24) is 9.97 Å². The number of halogens is 1. The molecular weight excluding hydrogens is 334 g/mol. The number of carbonyl (C=O) groups is 1. The SMILES string of the molecule is N#Cc1ccc(COC(=O)/C=C/c2ccncn2)c(Br)c1. The van der Waals surface area contributed by atoms with Gasteiger partial charge in [-0.3, -0.25) is 0 Å². The van der Waals surface area contributed by atoms with Gasteiger partial charge < -0.3 is 4.74 Å². The second kappa shape index (κ2) is 7.31. The van der Waals surface area contributed by atoms with Crippen LogP contribution in [0, 0.1) is 11.3 Å². The Kier molecular flexibility index (Phi) is 5.18. The van der Waals surface area contributed by atoms with E-state index in [-0.39, 0.29) is 6.61 Å². The molecule has 0 aliphatic carbocycles. The van der Waals surface area contributed by atoms with Crippen molar-refractivity contribution in [1.29, 1.82) is 5.26 Å². The smallest absolute Gasteiger partial charge is 0.331 e. The predicted octanol–water partition coefficient (Wildman–Crippen LogP) is 2.87. The number of hydrogen-bond donors (Lipinski definition) is 0. The summed E-state index contributed by atoms with van der Waals surface area (Å²) >= 11 is 3.34. The summed E-state index contributed by atoms with van der Waals surface area (Å²) < 4.78 is 5.85. The van der Waals surface area contributed by atoms with Crippen molar-refractivity contribution in [3.05, 3.63) is 64.2 Å². The molecule has 0 saturated carbocycles. The van der Waals surface area contributed by atoms with Crippen molar-refractivity contribution in [2.75, 3.05) is 0 Å². The second-order valence-electron chi connectivity index (χ2n) is 3.99. The average molecular weight is 344 g/mol. The molecular formula is C15H10BrN3O2. The summed E-state index contributed by atoms with van der Waals surface area (Å²) in [6.45, 7) is 0.124. The summed E-state index contributed by atoms with van der Waals surface area (Å²) in [6.07, 6.45) is 5.85. The number of aromatic nitrogens is 2. The van der Waals surface area contributed by atoms with Gasteiger partial charge in [-0.1, -0.05) is 22.0 Å². The molecule has 0 amide bonds. The van der Waals surface area contributed by atoms with Gasteiger partial charge in [0, 0.05) is 22.3 Å². The third-order valence-electron chi connectivity index (χ3n) is 2.55. The van der Waals surface area contributed by atoms with E-state index in [1.807, 2.05) is 6.07 Å². The Hall–Kier alpha value is -2.52. The van der Waals surface area contributed by atoms with Gasteiger partial charge >= 0.3 is 5.97 Å². The van der Waals surface area contributed by atoms with E-state index >= 15 is 0 Å². The third-order valence-corrected chi connectivity index (χ3v) is 3.29. The minimum Gasteiger partial charge on any atom is -0.458 e. The maximum Gasteiger partial charge on any atom is 0.331 e. The molecule has 1 aromatic heterocycles. The van der Waals surface area contributed by atoms with Crippen LogP contribution in [0.4, 0.5) is 0 Å². The van der Waals surface area contributed by atoms with E-state index in [1.54, 1.807) is 36.5 Å². The number of esters is 1. The molecule has 1 aromatic carbocycles. The summed E-state index contributed by atoms with van der Waals surface area (Å²) in [6, 6.07) is 8.81. The fourth-order valence-corrected chi connectivity index (χ4v) is 1.98. The summed E-state index contributed by atoms with van der Waals surface area (Å²) in [5.41, 5.74) is 1.96. The normalized spacial score (nSPS) is 10.3. The Morgan fingerprint density at radius 3 is 2.95 bits per heavy atom. The molecule has 0 unspecified atom stereocenters. The van der Waals surface area contributed by atoms with Crippen LogP contribution < -0.4 is 0 Å². The molecule has 0 bridgehead atoms. The first-order valence-electron chi connectivity index (χ1n) is 5.98. The number of rotatable bonds is 4. The molecule has 104 valence electrons. The summed E-state index contributed by atoms with van der Waals surface area (Å²) in [4.78, 5) is 19.3. The number of benzene rings is 1. The largest absolute Gasteiger partial charge is 0.458 e. The Morgan fingerprint density at radius 1 is 1.43 bits per heavy atom. The molecule has 0 atom stereocenters. The lowest BCUT2D eigenvalue weighted by atomic mass is 10.1. The fraction of sp³-hybridized carbons (Fsp3) is 0.0667. The van der Waals surface area contributed by atoms with Crippen molar-refractivity contribution < 1.29 is 9.53 Å². The molecule has 0 spiro atoms. The zero-order valence-corrected chi connectivity index (χ0v) is 12.4. The zero-order valence-electron chi connectivity index (χ0n) is 10.9. The first-order chi connectivity index (χ1) is 10.2. The lowest BCUT2D eigenvalue weighted by molar-refractivity contribution is -0.138. The lowest BCUT2D eigenvalue weighted by Gasteiger charge is -2.05. The van der Waals surface area contributed by atoms with Crippen LogP contribution in [-0.2, 0) is 16.1 Å². The van der Waals surface area contributed by atoms with Crippen molar-refractivity contribution in [2.24, 2.45) is 0 Å². The number of nitrogens with zero attached hydrogens (tertiary/aromatic N) is 3. The van der Waals surface area contributed by atoms with Crippen LogP contribution in [0.3, 0.4) is 0 Å². The van der Waals surface area contributed by atoms with E-state index in [9.17, 15) is 4.79 Å². The van der Waals surface area contributed by atoms with Crippen LogP contribution >= 0.6 is 15.9 Å². The molecule has 0 aliphatic heterocycles. The predicted molar refractivity (Wildman–Crippen MR) is 79.7 cm³/mol. The van der Waals surface area contributed by atoms with Crippen LogP contribution in [0.25, 0.3) is 6.08 Å². The van der Waals surface area contributed by atoms with E-state index in [1.165, 1.54) is 12.4 Å². The minimum atomic E-state index is -0.468. The van der Waals surface area contributed by atoms with Gasteiger partial charge in [-0.2, -0.15) is 5.26 Å². The highest BCUT2D eigenvalue weighted by molar-refractivity contribution is 9.10. The maximum absolute atomic E-state index is 11.6. The Balaban J connectivity index is 1.93. The third kappa shape index (κ3) is 4.51. The average Bonchev–Trinajstić information content (AvgIpc) is 2.52.